The summed E-state index contributed by atoms with van der Waals surface area (Å²) in [6.07, 6.45) is 3.71. The molecule has 2 rings (SSSR count). The molecular formula is C23H28FNO3. The lowest BCUT2D eigenvalue weighted by molar-refractivity contribution is -0.128. The van der Waals surface area contributed by atoms with Gasteiger partial charge in [0.15, 0.2) is 5.78 Å². The molecule has 1 N–H and O–H groups in total. The third-order valence-electron chi connectivity index (χ3n) is 4.60. The Morgan fingerprint density at radius 1 is 1.00 bits per heavy atom. The first kappa shape index (κ1) is 21.8. The summed E-state index contributed by atoms with van der Waals surface area (Å²) < 4.78 is 18.2. The van der Waals surface area contributed by atoms with Crippen molar-refractivity contribution in [1.82, 2.24) is 5.32 Å². The van der Waals surface area contributed by atoms with E-state index in [1.165, 1.54) is 25.7 Å². The number of methoxy groups -OCH3 is 1. The van der Waals surface area contributed by atoms with Crippen LogP contribution in [0.15, 0.2) is 48.5 Å². The van der Waals surface area contributed by atoms with Crippen LogP contribution in [-0.4, -0.2) is 31.4 Å². The molecule has 1 atom stereocenters. The van der Waals surface area contributed by atoms with Gasteiger partial charge in [0, 0.05) is 20.5 Å². The summed E-state index contributed by atoms with van der Waals surface area (Å²) in [5, 5.41) is 2.63. The number of ketones is 1. The van der Waals surface area contributed by atoms with Gasteiger partial charge in [-0.1, -0.05) is 36.4 Å². The summed E-state index contributed by atoms with van der Waals surface area (Å²) in [5.74, 6) is -0.461. The maximum Gasteiger partial charge on any atom is 0.217 e. The number of halogens is 1. The zero-order chi connectivity index (χ0) is 20.4. The van der Waals surface area contributed by atoms with Gasteiger partial charge in [-0.2, -0.15) is 0 Å². The standard InChI is InChI=1S/C23H28FNO3/c1-17(26)25-22(16-28-2)23(27)14-13-19-11-9-18(10-12-19)5-3-6-20-7-4-8-21(24)15-20/h4,7-12,15,22H,3,5-6,13-14,16H2,1-2H3,(H,25,26)/t22-/m1/s1. The maximum absolute atomic E-state index is 13.2. The van der Waals surface area contributed by atoms with Crippen LogP contribution in [0, 0.1) is 5.82 Å². The van der Waals surface area contributed by atoms with E-state index < -0.39 is 6.04 Å². The molecule has 150 valence electrons. The molecule has 0 aromatic heterocycles. The Hall–Kier alpha value is -2.53. The first-order chi connectivity index (χ1) is 13.5. The second-order valence-electron chi connectivity index (χ2n) is 6.97. The van der Waals surface area contributed by atoms with Gasteiger partial charge in [-0.25, -0.2) is 4.39 Å². The first-order valence-corrected chi connectivity index (χ1v) is 9.59. The number of nitrogens with one attached hydrogen (secondary N) is 1. The molecule has 0 saturated carbocycles. The Labute approximate surface area is 166 Å². The number of carbonyl (C=O) groups is 2. The highest BCUT2D eigenvalue weighted by Gasteiger charge is 2.18. The molecule has 0 fully saturated rings. The van der Waals surface area contributed by atoms with Crippen molar-refractivity contribution in [2.24, 2.45) is 0 Å². The van der Waals surface area contributed by atoms with Crippen molar-refractivity contribution in [3.63, 3.8) is 0 Å². The molecule has 2 aromatic carbocycles. The number of rotatable bonds is 11. The van der Waals surface area contributed by atoms with Crippen LogP contribution in [0.1, 0.15) is 36.5 Å². The van der Waals surface area contributed by atoms with E-state index in [0.717, 1.165) is 30.4 Å². The molecule has 1 amide bonds. The zero-order valence-electron chi connectivity index (χ0n) is 16.5. The average Bonchev–Trinajstić information content (AvgIpc) is 2.66. The number of hydrogen-bond donors (Lipinski definition) is 1. The number of ether oxygens (including phenoxy) is 1. The van der Waals surface area contributed by atoms with E-state index in [9.17, 15) is 14.0 Å². The normalized spacial score (nSPS) is 11.8. The van der Waals surface area contributed by atoms with Gasteiger partial charge in [0.05, 0.1) is 6.61 Å². The topological polar surface area (TPSA) is 55.4 Å². The molecule has 0 heterocycles. The van der Waals surface area contributed by atoms with Crippen molar-refractivity contribution in [2.45, 2.75) is 45.1 Å². The molecule has 0 unspecified atom stereocenters. The van der Waals surface area contributed by atoms with Crippen molar-refractivity contribution in [1.29, 1.82) is 0 Å². The van der Waals surface area contributed by atoms with Gasteiger partial charge >= 0.3 is 0 Å². The number of benzene rings is 2. The van der Waals surface area contributed by atoms with E-state index >= 15 is 0 Å². The van der Waals surface area contributed by atoms with Crippen LogP contribution in [0.5, 0.6) is 0 Å². The smallest absolute Gasteiger partial charge is 0.217 e. The average molecular weight is 385 g/mol. The molecule has 0 aliphatic heterocycles. The predicted molar refractivity (Wildman–Crippen MR) is 108 cm³/mol. The highest BCUT2D eigenvalue weighted by Crippen LogP contribution is 2.12. The molecule has 0 aliphatic carbocycles. The number of amides is 1. The summed E-state index contributed by atoms with van der Waals surface area (Å²) in [4.78, 5) is 23.5. The highest BCUT2D eigenvalue weighted by molar-refractivity contribution is 5.88. The van der Waals surface area contributed by atoms with Crippen LogP contribution < -0.4 is 5.32 Å². The van der Waals surface area contributed by atoms with Crippen molar-refractivity contribution in [2.75, 3.05) is 13.7 Å². The Bertz CT molecular complexity index is 774. The van der Waals surface area contributed by atoms with Crippen molar-refractivity contribution in [3.8, 4) is 0 Å². The van der Waals surface area contributed by atoms with Gasteiger partial charge < -0.3 is 10.1 Å². The predicted octanol–water partition coefficient (Wildman–Crippen LogP) is 3.65. The van der Waals surface area contributed by atoms with Gasteiger partial charge in [-0.05, 0) is 54.5 Å². The number of aryl methyl sites for hydroxylation is 3. The molecular weight excluding hydrogens is 357 g/mol. The number of Topliss-reactive ketones (excluding diaryl/α,β-unsaturated/α-hetero) is 1. The van der Waals surface area contributed by atoms with Gasteiger partial charge in [-0.15, -0.1) is 0 Å². The second-order valence-corrected chi connectivity index (χ2v) is 6.97. The van der Waals surface area contributed by atoms with Crippen molar-refractivity contribution < 1.29 is 18.7 Å². The molecule has 0 aliphatic rings. The van der Waals surface area contributed by atoms with E-state index in [0.29, 0.717) is 12.8 Å². The monoisotopic (exact) mass is 385 g/mol. The number of hydrogen-bond acceptors (Lipinski definition) is 3. The van der Waals surface area contributed by atoms with E-state index in [2.05, 4.69) is 17.4 Å². The van der Waals surface area contributed by atoms with Crippen LogP contribution in [-0.2, 0) is 33.6 Å². The molecule has 4 nitrogen and oxygen atoms in total. The zero-order valence-corrected chi connectivity index (χ0v) is 16.5. The SMILES string of the molecule is COC[C@@H](NC(C)=O)C(=O)CCc1ccc(CCCc2cccc(F)c2)cc1. The van der Waals surface area contributed by atoms with Crippen molar-refractivity contribution >= 4 is 11.7 Å². The van der Waals surface area contributed by atoms with Gasteiger partial charge in [-0.3, -0.25) is 9.59 Å². The summed E-state index contributed by atoms with van der Waals surface area (Å²) in [7, 11) is 1.51. The second kappa shape index (κ2) is 11.3. The summed E-state index contributed by atoms with van der Waals surface area (Å²) in [6.45, 7) is 1.58. The lowest BCUT2D eigenvalue weighted by Crippen LogP contribution is -2.43. The third kappa shape index (κ3) is 7.61. The fraction of sp³-hybridized carbons (Fsp3) is 0.391. The Kier molecular flexibility index (Phi) is 8.82. The summed E-state index contributed by atoms with van der Waals surface area (Å²) >= 11 is 0. The van der Waals surface area contributed by atoms with E-state index in [4.69, 9.17) is 4.74 Å². The Morgan fingerprint density at radius 3 is 2.25 bits per heavy atom. The Balaban J connectivity index is 1.78. The van der Waals surface area contributed by atoms with E-state index in [-0.39, 0.29) is 24.1 Å². The Morgan fingerprint density at radius 2 is 1.64 bits per heavy atom. The minimum atomic E-state index is -0.593. The molecule has 5 heteroatoms. The van der Waals surface area contributed by atoms with E-state index in [1.807, 2.05) is 18.2 Å². The van der Waals surface area contributed by atoms with Crippen LogP contribution in [0.4, 0.5) is 4.39 Å². The molecule has 0 saturated heterocycles. The van der Waals surface area contributed by atoms with Crippen LogP contribution in [0.25, 0.3) is 0 Å². The molecule has 2 aromatic rings. The first-order valence-electron chi connectivity index (χ1n) is 9.59. The largest absolute Gasteiger partial charge is 0.382 e. The lowest BCUT2D eigenvalue weighted by Gasteiger charge is -2.15. The van der Waals surface area contributed by atoms with Gasteiger partial charge in [0.25, 0.3) is 0 Å². The maximum atomic E-state index is 13.2. The minimum absolute atomic E-state index is 0.0313. The summed E-state index contributed by atoms with van der Waals surface area (Å²) in [5.41, 5.74) is 3.32. The molecule has 0 spiro atoms. The highest BCUT2D eigenvalue weighted by atomic mass is 19.1. The molecule has 28 heavy (non-hydrogen) atoms. The molecule has 0 bridgehead atoms. The third-order valence-corrected chi connectivity index (χ3v) is 4.60. The van der Waals surface area contributed by atoms with Crippen molar-refractivity contribution in [3.05, 3.63) is 71.0 Å². The number of carbonyl (C=O) groups excluding carboxylic acids is 2. The van der Waals surface area contributed by atoms with Crippen LogP contribution in [0.2, 0.25) is 0 Å². The van der Waals surface area contributed by atoms with Crippen LogP contribution >= 0.6 is 0 Å². The molecule has 0 radical (unpaired) electrons. The minimum Gasteiger partial charge on any atom is -0.382 e. The summed E-state index contributed by atoms with van der Waals surface area (Å²) in [6, 6.07) is 14.4. The lowest BCUT2D eigenvalue weighted by atomic mass is 10.00. The van der Waals surface area contributed by atoms with Gasteiger partial charge in [0.2, 0.25) is 5.91 Å². The fourth-order valence-corrected chi connectivity index (χ4v) is 3.13. The quantitative estimate of drug-likeness (QED) is 0.642. The fourth-order valence-electron chi connectivity index (χ4n) is 3.13. The van der Waals surface area contributed by atoms with E-state index in [1.54, 1.807) is 12.1 Å². The van der Waals surface area contributed by atoms with Gasteiger partial charge in [0.1, 0.15) is 11.9 Å². The van der Waals surface area contributed by atoms with Crippen LogP contribution in [0.3, 0.4) is 0 Å².